The van der Waals surface area contributed by atoms with Crippen molar-refractivity contribution in [2.24, 2.45) is 0 Å². The maximum Gasteiger partial charge on any atom is 0.313 e. The summed E-state index contributed by atoms with van der Waals surface area (Å²) < 4.78 is 2.19. The minimum atomic E-state index is -0.925. The molecule has 0 saturated heterocycles. The van der Waals surface area contributed by atoms with E-state index in [-0.39, 0.29) is 5.75 Å². The van der Waals surface area contributed by atoms with Gasteiger partial charge in [0.05, 0.1) is 5.75 Å². The lowest BCUT2D eigenvalue weighted by atomic mass is 10.1. The molecule has 0 aliphatic rings. The molecule has 0 atom stereocenters. The molecular weight excluding hydrogens is 332 g/mol. The van der Waals surface area contributed by atoms with E-state index < -0.39 is 5.97 Å². The average molecular weight is 343 g/mol. The molecule has 0 fully saturated rings. The summed E-state index contributed by atoms with van der Waals surface area (Å²) in [5.74, 6) is 5.36. The van der Waals surface area contributed by atoms with E-state index in [4.69, 9.17) is 10.9 Å². The third-order valence-corrected chi connectivity index (χ3v) is 4.40. The number of rotatable bonds is 4. The number of nitrogen functional groups attached to an aromatic ring is 1. The Labute approximate surface area is 122 Å². The van der Waals surface area contributed by atoms with E-state index in [0.29, 0.717) is 11.0 Å². The standard InChI is InChI=1S/C11H11BrN4O2S/c1-6-3-2-4-7(9(6)12)10-14-15-11(16(10)13)19-5-8(17)18/h2-4H,5,13H2,1H3,(H,17,18). The van der Waals surface area contributed by atoms with Crippen molar-refractivity contribution in [3.8, 4) is 11.4 Å². The van der Waals surface area contributed by atoms with Crippen LogP contribution in [0.4, 0.5) is 0 Å². The second-order valence-electron chi connectivity index (χ2n) is 3.80. The van der Waals surface area contributed by atoms with E-state index in [1.54, 1.807) is 0 Å². The van der Waals surface area contributed by atoms with Gasteiger partial charge >= 0.3 is 5.97 Å². The van der Waals surface area contributed by atoms with Gasteiger partial charge in [-0.05, 0) is 34.5 Å². The van der Waals surface area contributed by atoms with Crippen LogP contribution in [-0.4, -0.2) is 31.7 Å². The van der Waals surface area contributed by atoms with Gasteiger partial charge in [-0.2, -0.15) is 0 Å². The van der Waals surface area contributed by atoms with Gasteiger partial charge < -0.3 is 10.9 Å². The minimum absolute atomic E-state index is 0.107. The van der Waals surface area contributed by atoms with Crippen molar-refractivity contribution in [2.75, 3.05) is 11.6 Å². The molecule has 0 aliphatic heterocycles. The lowest BCUT2D eigenvalue weighted by molar-refractivity contribution is -0.133. The number of aliphatic carboxylic acids is 1. The number of carboxylic acids is 1. The van der Waals surface area contributed by atoms with Crippen molar-refractivity contribution in [3.63, 3.8) is 0 Å². The number of carboxylic acid groups (broad SMARTS) is 1. The van der Waals surface area contributed by atoms with Gasteiger partial charge in [0, 0.05) is 10.0 Å². The zero-order valence-electron chi connectivity index (χ0n) is 10.00. The molecule has 8 heteroatoms. The van der Waals surface area contributed by atoms with Crippen molar-refractivity contribution < 1.29 is 9.90 Å². The average Bonchev–Trinajstić information content (AvgIpc) is 2.72. The van der Waals surface area contributed by atoms with Crippen LogP contribution in [0.15, 0.2) is 27.8 Å². The molecule has 3 N–H and O–H groups in total. The summed E-state index contributed by atoms with van der Waals surface area (Å²) in [6.07, 6.45) is 0. The highest BCUT2D eigenvalue weighted by atomic mass is 79.9. The fourth-order valence-corrected chi connectivity index (χ4v) is 2.52. The Balaban J connectivity index is 2.36. The third kappa shape index (κ3) is 2.90. The number of hydrogen-bond acceptors (Lipinski definition) is 5. The first-order chi connectivity index (χ1) is 9.00. The fraction of sp³-hybridized carbons (Fsp3) is 0.182. The van der Waals surface area contributed by atoms with Crippen molar-refractivity contribution >= 4 is 33.7 Å². The molecule has 0 amide bonds. The summed E-state index contributed by atoms with van der Waals surface area (Å²) in [6.45, 7) is 1.96. The molecule has 1 aromatic carbocycles. The molecule has 0 aliphatic carbocycles. The first-order valence-corrected chi connectivity index (χ1v) is 7.09. The molecule has 2 rings (SSSR count). The van der Waals surface area contributed by atoms with Crippen molar-refractivity contribution in [2.45, 2.75) is 12.1 Å². The molecule has 6 nitrogen and oxygen atoms in total. The Bertz CT molecular complexity index is 629. The Hall–Kier alpha value is -1.54. The molecular formula is C11H11BrN4O2S. The molecule has 1 heterocycles. The van der Waals surface area contributed by atoms with E-state index in [0.717, 1.165) is 27.4 Å². The highest BCUT2D eigenvalue weighted by Crippen LogP contribution is 2.30. The summed E-state index contributed by atoms with van der Waals surface area (Å²) in [6, 6.07) is 5.73. The largest absolute Gasteiger partial charge is 0.481 e. The van der Waals surface area contributed by atoms with Crippen LogP contribution >= 0.6 is 27.7 Å². The monoisotopic (exact) mass is 342 g/mol. The number of carbonyl (C=O) groups is 1. The van der Waals surface area contributed by atoms with Gasteiger partial charge in [0.1, 0.15) is 0 Å². The highest BCUT2D eigenvalue weighted by molar-refractivity contribution is 9.10. The Morgan fingerprint density at radius 2 is 2.26 bits per heavy atom. The zero-order chi connectivity index (χ0) is 14.0. The molecule has 0 spiro atoms. The molecule has 19 heavy (non-hydrogen) atoms. The summed E-state index contributed by atoms with van der Waals surface area (Å²) in [4.78, 5) is 10.5. The molecule has 1 aromatic heterocycles. The van der Waals surface area contributed by atoms with Crippen LogP contribution in [0.2, 0.25) is 0 Å². The van der Waals surface area contributed by atoms with Gasteiger partial charge in [-0.25, -0.2) is 4.68 Å². The van der Waals surface area contributed by atoms with Gasteiger partial charge in [0.2, 0.25) is 5.16 Å². The Morgan fingerprint density at radius 1 is 1.53 bits per heavy atom. The lowest BCUT2D eigenvalue weighted by Crippen LogP contribution is -2.12. The molecule has 0 radical (unpaired) electrons. The fourth-order valence-electron chi connectivity index (χ4n) is 1.51. The molecule has 0 saturated carbocycles. The van der Waals surface area contributed by atoms with Crippen molar-refractivity contribution in [1.82, 2.24) is 14.9 Å². The summed E-state index contributed by atoms with van der Waals surface area (Å²) in [7, 11) is 0. The van der Waals surface area contributed by atoms with Crippen molar-refractivity contribution in [1.29, 1.82) is 0 Å². The first kappa shape index (κ1) is 13.9. The van der Waals surface area contributed by atoms with Crippen LogP contribution in [0, 0.1) is 6.92 Å². The van der Waals surface area contributed by atoms with Crippen LogP contribution in [0.1, 0.15) is 5.56 Å². The van der Waals surface area contributed by atoms with Crippen LogP contribution < -0.4 is 5.84 Å². The molecule has 100 valence electrons. The summed E-state index contributed by atoms with van der Waals surface area (Å²) >= 11 is 4.52. The van der Waals surface area contributed by atoms with Gasteiger partial charge in [-0.15, -0.1) is 10.2 Å². The maximum absolute atomic E-state index is 10.5. The van der Waals surface area contributed by atoms with E-state index in [9.17, 15) is 4.79 Å². The third-order valence-electron chi connectivity index (χ3n) is 2.42. The van der Waals surface area contributed by atoms with Crippen LogP contribution in [0.5, 0.6) is 0 Å². The van der Waals surface area contributed by atoms with E-state index in [1.165, 1.54) is 4.68 Å². The molecule has 2 aromatic rings. The molecule has 0 unspecified atom stereocenters. The van der Waals surface area contributed by atoms with Gasteiger partial charge in [-0.1, -0.05) is 23.9 Å². The first-order valence-electron chi connectivity index (χ1n) is 5.31. The van der Waals surface area contributed by atoms with E-state index >= 15 is 0 Å². The normalized spacial score (nSPS) is 10.6. The number of benzene rings is 1. The topological polar surface area (TPSA) is 94.0 Å². The molecule has 0 bridgehead atoms. The Morgan fingerprint density at radius 3 is 2.95 bits per heavy atom. The predicted octanol–water partition coefficient (Wildman–Crippen LogP) is 1.91. The van der Waals surface area contributed by atoms with Gasteiger partial charge in [0.25, 0.3) is 0 Å². The van der Waals surface area contributed by atoms with Gasteiger partial charge in [-0.3, -0.25) is 4.79 Å². The number of aromatic nitrogens is 3. The number of nitrogens with zero attached hydrogens (tertiary/aromatic N) is 3. The van der Waals surface area contributed by atoms with E-state index in [2.05, 4.69) is 26.1 Å². The Kier molecular flexibility index (Phi) is 4.11. The van der Waals surface area contributed by atoms with Gasteiger partial charge in [0.15, 0.2) is 5.82 Å². The second kappa shape index (κ2) is 5.62. The number of halogens is 1. The maximum atomic E-state index is 10.5. The highest BCUT2D eigenvalue weighted by Gasteiger charge is 2.16. The SMILES string of the molecule is Cc1cccc(-c2nnc(SCC(=O)O)n2N)c1Br. The summed E-state index contributed by atoms with van der Waals surface area (Å²) in [5, 5.41) is 16.9. The van der Waals surface area contributed by atoms with Crippen molar-refractivity contribution in [3.05, 3.63) is 28.2 Å². The zero-order valence-corrected chi connectivity index (χ0v) is 12.4. The number of nitrogens with two attached hydrogens (primary N) is 1. The second-order valence-corrected chi connectivity index (χ2v) is 5.53. The van der Waals surface area contributed by atoms with Crippen LogP contribution in [-0.2, 0) is 4.79 Å². The summed E-state index contributed by atoms with van der Waals surface area (Å²) in [5.41, 5.74) is 1.87. The van der Waals surface area contributed by atoms with Crippen LogP contribution in [0.25, 0.3) is 11.4 Å². The smallest absolute Gasteiger partial charge is 0.313 e. The predicted molar refractivity (Wildman–Crippen MR) is 76.4 cm³/mol. The quantitative estimate of drug-likeness (QED) is 0.651. The van der Waals surface area contributed by atoms with E-state index in [1.807, 2.05) is 25.1 Å². The number of hydrogen-bond donors (Lipinski definition) is 2. The minimum Gasteiger partial charge on any atom is -0.481 e. The van der Waals surface area contributed by atoms with Crippen LogP contribution in [0.3, 0.4) is 0 Å². The number of aryl methyl sites for hydroxylation is 1. The lowest BCUT2D eigenvalue weighted by Gasteiger charge is -2.06. The number of thioether (sulfide) groups is 1.